The van der Waals surface area contributed by atoms with Crippen molar-refractivity contribution in [1.82, 2.24) is 19.7 Å². The minimum atomic E-state index is -4.21. The number of carbonyl (C=O) groups excluding carboxylic acids is 1. The summed E-state index contributed by atoms with van der Waals surface area (Å²) in [6.45, 7) is 6.88. The largest absolute Gasteiger partial charge is 0.465 e. The van der Waals surface area contributed by atoms with E-state index in [2.05, 4.69) is 20.2 Å². The highest BCUT2D eigenvalue weighted by molar-refractivity contribution is 7.52. The third-order valence-electron chi connectivity index (χ3n) is 7.00. The van der Waals surface area contributed by atoms with Crippen molar-refractivity contribution in [1.29, 1.82) is 0 Å². The van der Waals surface area contributed by atoms with E-state index in [0.29, 0.717) is 11.2 Å². The standard InChI is InChI=1S/C27H37N6O7P/c1-6-37-26(35)23(17(2)3)32-41(36,40-19-10-8-7-9-11-19)38-14-21-24(34)18(4)27(39-21,15-29-5)22-13-12-20-25(28)30-16-31-33(20)22/h7-13,15-18,21,23-24,34H,6,14H2,1-5H3,(H,32,36)(H2,28,30,31)/t18-,21+,23-,24-,27+,41?/m0/s1. The molecular weight excluding hydrogens is 551 g/mol. The molecule has 4 rings (SSSR count). The van der Waals surface area contributed by atoms with Crippen LogP contribution in [0.25, 0.3) is 5.52 Å². The first-order chi connectivity index (χ1) is 19.5. The molecule has 13 nitrogen and oxygen atoms in total. The number of fused-ring (bicyclic) bond motifs is 1. The summed E-state index contributed by atoms with van der Waals surface area (Å²) in [7, 11) is -2.61. The second-order valence-corrected chi connectivity index (χ2v) is 11.8. The Balaban J connectivity index is 1.63. The number of carbonyl (C=O) groups is 1. The second-order valence-electron chi connectivity index (χ2n) is 10.1. The van der Waals surface area contributed by atoms with Crippen molar-refractivity contribution in [3.8, 4) is 5.75 Å². The van der Waals surface area contributed by atoms with Crippen LogP contribution >= 0.6 is 7.75 Å². The minimum Gasteiger partial charge on any atom is -0.465 e. The number of nitrogens with one attached hydrogen (secondary N) is 1. The Labute approximate surface area is 238 Å². The summed E-state index contributed by atoms with van der Waals surface area (Å²) in [6.07, 6.45) is 0.905. The van der Waals surface area contributed by atoms with E-state index in [1.807, 2.05) is 6.92 Å². The summed E-state index contributed by atoms with van der Waals surface area (Å²) in [6, 6.07) is 11.0. The van der Waals surface area contributed by atoms with Crippen molar-refractivity contribution < 1.29 is 33.0 Å². The molecule has 4 N–H and O–H groups in total. The van der Waals surface area contributed by atoms with Gasteiger partial charge in [0.05, 0.1) is 25.0 Å². The predicted molar refractivity (Wildman–Crippen MR) is 153 cm³/mol. The Morgan fingerprint density at radius 3 is 2.71 bits per heavy atom. The monoisotopic (exact) mass is 588 g/mol. The Morgan fingerprint density at radius 1 is 1.32 bits per heavy atom. The van der Waals surface area contributed by atoms with Gasteiger partial charge in [0, 0.05) is 19.2 Å². The third kappa shape index (κ3) is 6.29. The maximum Gasteiger partial charge on any atom is 0.459 e. The molecule has 1 aromatic carbocycles. The number of aliphatic hydroxyl groups is 1. The Kier molecular flexibility index (Phi) is 9.45. The smallest absolute Gasteiger partial charge is 0.459 e. The lowest BCUT2D eigenvalue weighted by atomic mass is 9.84. The Bertz CT molecular complexity index is 1420. The van der Waals surface area contributed by atoms with E-state index in [0.717, 1.165) is 0 Å². The van der Waals surface area contributed by atoms with Gasteiger partial charge in [0.1, 0.15) is 29.7 Å². The molecule has 1 aliphatic heterocycles. The maximum absolute atomic E-state index is 14.1. The predicted octanol–water partition coefficient (Wildman–Crippen LogP) is 2.98. The molecule has 0 radical (unpaired) electrons. The molecule has 1 saturated heterocycles. The zero-order chi connectivity index (χ0) is 29.8. The summed E-state index contributed by atoms with van der Waals surface area (Å²) >= 11 is 0. The van der Waals surface area contributed by atoms with Gasteiger partial charge in [-0.25, -0.2) is 14.1 Å². The number of anilines is 1. The van der Waals surface area contributed by atoms with Crippen LogP contribution in [0.5, 0.6) is 5.75 Å². The average molecular weight is 589 g/mol. The molecule has 0 bridgehead atoms. The van der Waals surface area contributed by atoms with Crippen molar-refractivity contribution in [2.24, 2.45) is 16.8 Å². The van der Waals surface area contributed by atoms with Gasteiger partial charge in [-0.3, -0.25) is 14.3 Å². The molecule has 6 atom stereocenters. The van der Waals surface area contributed by atoms with E-state index in [1.54, 1.807) is 81.0 Å². The zero-order valence-electron chi connectivity index (χ0n) is 23.7. The van der Waals surface area contributed by atoms with Crippen LogP contribution in [-0.2, 0) is 29.0 Å². The van der Waals surface area contributed by atoms with Crippen molar-refractivity contribution in [2.45, 2.75) is 51.5 Å². The topological polar surface area (TPSA) is 172 Å². The van der Waals surface area contributed by atoms with E-state index in [-0.39, 0.29) is 30.7 Å². The molecule has 3 aromatic rings. The number of esters is 1. The number of hydrogen-bond donors (Lipinski definition) is 3. The number of aromatic nitrogens is 3. The van der Waals surface area contributed by atoms with Crippen LogP contribution in [0.15, 0.2) is 53.8 Å². The number of benzene rings is 1. The molecule has 0 aliphatic carbocycles. The normalized spacial score (nSPS) is 25.0. The van der Waals surface area contributed by atoms with E-state index in [1.165, 1.54) is 6.33 Å². The molecule has 3 heterocycles. The molecule has 2 aromatic heterocycles. The molecule has 14 heteroatoms. The third-order valence-corrected chi connectivity index (χ3v) is 8.54. The number of aliphatic imine (C=N–C) groups is 1. The fourth-order valence-corrected chi connectivity index (χ4v) is 6.51. The Morgan fingerprint density at radius 2 is 2.05 bits per heavy atom. The first-order valence-electron chi connectivity index (χ1n) is 13.4. The lowest BCUT2D eigenvalue weighted by Crippen LogP contribution is -2.42. The van der Waals surface area contributed by atoms with Gasteiger partial charge in [0.2, 0.25) is 0 Å². The van der Waals surface area contributed by atoms with E-state index < -0.39 is 43.5 Å². The van der Waals surface area contributed by atoms with Crippen molar-refractivity contribution in [2.75, 3.05) is 26.0 Å². The van der Waals surface area contributed by atoms with Gasteiger partial charge < -0.3 is 24.8 Å². The van der Waals surface area contributed by atoms with Gasteiger partial charge in [0.25, 0.3) is 0 Å². The second kappa shape index (κ2) is 12.7. The molecule has 1 unspecified atom stereocenters. The van der Waals surface area contributed by atoms with Gasteiger partial charge in [-0.1, -0.05) is 39.0 Å². The SMILES string of the molecule is CCOC(=O)[C@@H](NP(=O)(OC[C@H]1O[C@@](C=NC)(c2ccc3c(N)ncnn23)[C@@H](C)[C@@H]1O)Oc1ccccc1)C(C)C. The van der Waals surface area contributed by atoms with Gasteiger partial charge in [-0.15, -0.1) is 0 Å². The van der Waals surface area contributed by atoms with Crippen LogP contribution in [0.1, 0.15) is 33.4 Å². The number of nitrogen functional groups attached to an aromatic ring is 1. The minimum absolute atomic E-state index is 0.153. The molecule has 222 valence electrons. The van der Waals surface area contributed by atoms with E-state index in [4.69, 9.17) is 24.3 Å². The molecular formula is C27H37N6O7P. The van der Waals surface area contributed by atoms with Gasteiger partial charge in [0.15, 0.2) is 11.4 Å². The van der Waals surface area contributed by atoms with Crippen molar-refractivity contribution in [3.05, 3.63) is 54.5 Å². The lowest BCUT2D eigenvalue weighted by Gasteiger charge is -2.29. The number of aliphatic hydroxyl groups excluding tert-OH is 1. The van der Waals surface area contributed by atoms with Gasteiger partial charge in [-0.2, -0.15) is 10.2 Å². The number of hydrogen-bond acceptors (Lipinski definition) is 11. The van der Waals surface area contributed by atoms with Crippen LogP contribution in [0, 0.1) is 11.8 Å². The zero-order valence-corrected chi connectivity index (χ0v) is 24.6. The highest BCUT2D eigenvalue weighted by Gasteiger charge is 2.54. The molecule has 41 heavy (non-hydrogen) atoms. The van der Waals surface area contributed by atoms with Crippen molar-refractivity contribution in [3.63, 3.8) is 0 Å². The van der Waals surface area contributed by atoms with Crippen LogP contribution < -0.4 is 15.3 Å². The van der Waals surface area contributed by atoms with E-state index >= 15 is 0 Å². The summed E-state index contributed by atoms with van der Waals surface area (Å²) in [5.74, 6) is -0.871. The van der Waals surface area contributed by atoms with Crippen LogP contribution in [-0.4, -0.2) is 70.4 Å². The maximum atomic E-state index is 14.1. The molecule has 0 amide bonds. The first kappa shape index (κ1) is 30.6. The molecule has 0 saturated carbocycles. The highest BCUT2D eigenvalue weighted by Crippen LogP contribution is 2.48. The van der Waals surface area contributed by atoms with Gasteiger partial charge >= 0.3 is 13.7 Å². The van der Waals surface area contributed by atoms with Crippen molar-refractivity contribution >= 4 is 31.3 Å². The number of rotatable bonds is 12. The van der Waals surface area contributed by atoms with E-state index in [9.17, 15) is 14.5 Å². The lowest BCUT2D eigenvalue weighted by molar-refractivity contribution is -0.146. The first-order valence-corrected chi connectivity index (χ1v) is 14.9. The number of para-hydroxylation sites is 1. The molecule has 1 fully saturated rings. The fraction of sp³-hybridized carbons (Fsp3) is 0.481. The van der Waals surface area contributed by atoms with Crippen LogP contribution in [0.2, 0.25) is 0 Å². The number of nitrogens with zero attached hydrogens (tertiary/aromatic N) is 4. The number of ether oxygens (including phenoxy) is 2. The molecule has 1 aliphatic rings. The summed E-state index contributed by atoms with van der Waals surface area (Å²) in [5, 5.41) is 18.4. The fourth-order valence-electron chi connectivity index (χ4n) is 4.84. The summed E-state index contributed by atoms with van der Waals surface area (Å²) < 4.78 is 39.0. The van der Waals surface area contributed by atoms with Crippen LogP contribution in [0.3, 0.4) is 0 Å². The highest BCUT2D eigenvalue weighted by atomic mass is 31.2. The quantitative estimate of drug-likeness (QED) is 0.161. The summed E-state index contributed by atoms with van der Waals surface area (Å²) in [4.78, 5) is 20.9. The average Bonchev–Trinajstić information content (AvgIpc) is 3.48. The van der Waals surface area contributed by atoms with Gasteiger partial charge in [-0.05, 0) is 37.1 Å². The van der Waals surface area contributed by atoms with Crippen LogP contribution in [0.4, 0.5) is 5.82 Å². The Hall–Kier alpha value is -3.35. The summed E-state index contributed by atoms with van der Waals surface area (Å²) in [5.41, 5.74) is 5.95. The number of nitrogens with two attached hydrogens (primary N) is 1. The molecule has 0 spiro atoms.